The molecule has 11 fully saturated rings. The lowest BCUT2D eigenvalue weighted by atomic mass is 9.33. The first kappa shape index (κ1) is 86.8. The van der Waals surface area contributed by atoms with E-state index in [0.29, 0.717) is 38.5 Å². The highest BCUT2D eigenvalue weighted by atomic mass is 16.8. The Hall–Kier alpha value is -3.58. The molecule has 0 aromatic rings. The molecule has 38 nitrogen and oxygen atoms in total. The average molecular weight is 1600 g/mol. The monoisotopic (exact) mass is 1600 g/mol. The molecule has 0 spiro atoms. The Morgan fingerprint density at radius 3 is 1.84 bits per heavy atom. The fourth-order valence-electron chi connectivity index (χ4n) is 20.7. The van der Waals surface area contributed by atoms with Crippen LogP contribution in [-0.4, -0.2) is 358 Å². The van der Waals surface area contributed by atoms with Gasteiger partial charge in [0.05, 0.1) is 69.4 Å². The van der Waals surface area contributed by atoms with Crippen LogP contribution in [0.25, 0.3) is 0 Å². The number of aliphatic hydroxyl groups is 17. The Labute approximate surface area is 639 Å². The Kier molecular flexibility index (Phi) is 25.8. The number of carbonyl (C=O) groups is 4. The third-order valence-electron chi connectivity index (χ3n) is 27.6. The molecule has 19 unspecified atom stereocenters. The Morgan fingerprint density at radius 2 is 1.19 bits per heavy atom. The molecule has 12 aliphatic rings. The lowest BCUT2D eigenvalue weighted by Gasteiger charge is -2.71. The van der Waals surface area contributed by atoms with Crippen LogP contribution < -0.4 is 5.32 Å². The summed E-state index contributed by atoms with van der Waals surface area (Å²) >= 11 is 0. The summed E-state index contributed by atoms with van der Waals surface area (Å²) in [5.74, 6) is -4.26. The highest BCUT2D eigenvalue weighted by molar-refractivity contribution is 5.80. The molecule has 111 heavy (non-hydrogen) atoms. The number of carbonyl (C=O) groups excluding carboxylic acids is 3. The van der Waals surface area contributed by atoms with Gasteiger partial charge < -0.3 is 173 Å². The number of nitrogens with one attached hydrogen (secondary N) is 1. The number of allylic oxidation sites excluding steroid dienone is 2. The number of hydrogen-bond donors (Lipinski definition) is 19. The maximum atomic E-state index is 16.0. The molecule has 7 heterocycles. The van der Waals surface area contributed by atoms with E-state index in [-0.39, 0.29) is 44.8 Å². The SMILES string of the molecule is CCOC(=O)N[C@H]1C(CO)O[C@@H](OC(=O)[C@]23CCC(C)(C)CC2C2=CCC4C5(C)CC[C@H](O[C@@H]6OC(C(=O)O)[C@@H](O)[C@H](O[C@@H]7OC[C@@H](O)[C@H](O)C7O)C6O[C@@H]6OC(CO)[C@H](O)[C@H](O)C6O)[C@](C)(C=O)[C@@H]5CCC4(C)[C@]2(C)CC3O)C(O[C@@H]2OC(C)[C@H](O[C@@H]3OC[C@@H](O)C(O[C@@H]4OC[C@@](O)(CC)C4O)C3O)C(O)C2O)C1O. The van der Waals surface area contributed by atoms with E-state index < -0.39 is 291 Å². The maximum absolute atomic E-state index is 16.0. The molecular weight excluding hydrogens is 1480 g/mol. The van der Waals surface area contributed by atoms with Gasteiger partial charge in [-0.1, -0.05) is 60.1 Å². The Morgan fingerprint density at radius 1 is 0.577 bits per heavy atom. The third-order valence-corrected chi connectivity index (χ3v) is 27.6. The van der Waals surface area contributed by atoms with Crippen LogP contribution in [0.15, 0.2) is 11.6 Å². The van der Waals surface area contributed by atoms with E-state index >= 15 is 4.79 Å². The molecule has 4 saturated carbocycles. The number of esters is 1. The molecule has 0 radical (unpaired) electrons. The van der Waals surface area contributed by atoms with Crippen molar-refractivity contribution in [2.75, 3.05) is 39.6 Å². The standard InChI is InChI=1S/C73H115NO37/c1-10-72(96)27-100-64(56(72)91)106-51-32(79)25-99-59(49(51)90)105-50-28(3)101-60(47(88)44(50)85)109-54-42(83)39(74-66(95)97-11-2)33(22-75)102-62(54)111-65(94)73-19-18-67(4,5)20-30(73)29-12-13-36-68(6)16-15-38(69(7,26-77)35(68)14-17-70(36,8)71(29,9)21-37(73)80)104-63-55(110-61-46(87)43(84)41(82)34(23-76)103-61)52(48(89)53(108-63)57(92)93)107-58-45(86)40(81)31(78)24-98-58/h12,26,28,30-56,58-64,75-76,78-91,96H,10-11,13-25,27H2,1-9H3,(H,74,95)(H,92,93)/t28?,30?,31-,32-,33?,34?,35-,36?,37?,38+,39+,40+,41+,42?,43+,44?,45?,46?,47?,48+,49?,50+,51?,52+,53?,54?,55?,56?,58+,59+,60+,61+,62+,63-,64+,68?,69-,70?,71-,72+,73-/m1/s1. The van der Waals surface area contributed by atoms with Gasteiger partial charge in [-0.2, -0.15) is 0 Å². The molecule has 1 amide bonds. The van der Waals surface area contributed by atoms with Crippen molar-refractivity contribution in [3.8, 4) is 0 Å². The van der Waals surface area contributed by atoms with Crippen LogP contribution in [0.1, 0.15) is 127 Å². The first-order valence-corrected chi connectivity index (χ1v) is 38.6. The van der Waals surface area contributed by atoms with Crippen molar-refractivity contribution in [2.24, 2.45) is 50.2 Å². The second-order valence-electron chi connectivity index (χ2n) is 34.4. The van der Waals surface area contributed by atoms with E-state index in [1.807, 2.05) is 13.8 Å². The van der Waals surface area contributed by atoms with Crippen molar-refractivity contribution in [2.45, 2.75) is 329 Å². The lowest BCUT2D eigenvalue weighted by Crippen LogP contribution is -2.70. The number of hydrogen-bond acceptors (Lipinski definition) is 36. The quantitative estimate of drug-likeness (QED) is 0.0221. The summed E-state index contributed by atoms with van der Waals surface area (Å²) < 4.78 is 89.5. The van der Waals surface area contributed by atoms with Gasteiger partial charge >= 0.3 is 18.0 Å². The molecule has 634 valence electrons. The molecular formula is C73H115NO37. The first-order valence-electron chi connectivity index (χ1n) is 38.6. The van der Waals surface area contributed by atoms with Crippen LogP contribution in [0.3, 0.4) is 0 Å². The van der Waals surface area contributed by atoms with Crippen molar-refractivity contribution in [1.29, 1.82) is 0 Å². The minimum atomic E-state index is -2.24. The zero-order chi connectivity index (χ0) is 81.1. The topological polar surface area (TPSA) is 583 Å². The molecule has 38 heteroatoms. The average Bonchev–Trinajstić information content (AvgIpc) is 1.62. The number of amides is 1. The van der Waals surface area contributed by atoms with E-state index in [2.05, 4.69) is 32.2 Å². The van der Waals surface area contributed by atoms with Crippen molar-refractivity contribution in [3.05, 3.63) is 11.6 Å². The third kappa shape index (κ3) is 15.2. The van der Waals surface area contributed by atoms with Gasteiger partial charge in [0, 0.05) is 0 Å². The number of alkyl carbamates (subject to hydrolysis) is 1. The van der Waals surface area contributed by atoms with E-state index in [9.17, 15) is 106 Å². The van der Waals surface area contributed by atoms with Gasteiger partial charge in [-0.25, -0.2) is 9.59 Å². The molecule has 0 aromatic carbocycles. The summed E-state index contributed by atoms with van der Waals surface area (Å²) in [7, 11) is 0. The van der Waals surface area contributed by atoms with E-state index in [0.717, 1.165) is 11.9 Å². The summed E-state index contributed by atoms with van der Waals surface area (Å²) in [5.41, 5.74) is -6.82. The lowest BCUT2D eigenvalue weighted by molar-refractivity contribution is -0.391. The van der Waals surface area contributed by atoms with Crippen LogP contribution in [0.4, 0.5) is 4.79 Å². The number of ether oxygens (including phenoxy) is 15. The highest BCUT2D eigenvalue weighted by Gasteiger charge is 2.73. The van der Waals surface area contributed by atoms with Crippen molar-refractivity contribution in [3.63, 3.8) is 0 Å². The zero-order valence-corrected chi connectivity index (χ0v) is 63.5. The van der Waals surface area contributed by atoms with E-state index in [4.69, 9.17) is 71.1 Å². The number of rotatable bonds is 21. The molecule has 41 atom stereocenters. The van der Waals surface area contributed by atoms with Crippen LogP contribution >= 0.6 is 0 Å². The molecule has 12 rings (SSSR count). The molecule has 7 aliphatic heterocycles. The largest absolute Gasteiger partial charge is 0.479 e. The van der Waals surface area contributed by atoms with E-state index in [1.165, 1.54) is 13.8 Å². The number of aldehydes is 1. The molecule has 19 N–H and O–H groups in total. The predicted octanol–water partition coefficient (Wildman–Crippen LogP) is -5.20. The van der Waals surface area contributed by atoms with Gasteiger partial charge in [0.2, 0.25) is 6.29 Å². The maximum Gasteiger partial charge on any atom is 0.407 e. The van der Waals surface area contributed by atoms with Gasteiger partial charge in [0.15, 0.2) is 49.9 Å². The van der Waals surface area contributed by atoms with Crippen LogP contribution in [0.5, 0.6) is 0 Å². The van der Waals surface area contributed by atoms with Crippen LogP contribution in [0.2, 0.25) is 0 Å². The second kappa shape index (κ2) is 33.0. The predicted molar refractivity (Wildman–Crippen MR) is 365 cm³/mol. The van der Waals surface area contributed by atoms with Crippen LogP contribution in [0, 0.1) is 50.2 Å². The van der Waals surface area contributed by atoms with Crippen LogP contribution in [-0.2, 0) is 85.4 Å². The second-order valence-corrected chi connectivity index (χ2v) is 34.4. The fraction of sp³-hybridized carbons (Fsp3) is 0.918. The van der Waals surface area contributed by atoms with Gasteiger partial charge in [0.1, 0.15) is 133 Å². The number of aliphatic hydroxyl groups excluding tert-OH is 16. The summed E-state index contributed by atoms with van der Waals surface area (Å²) in [5, 5.41) is 204. The number of aliphatic carboxylic acids is 1. The minimum absolute atomic E-state index is 0.00894. The molecule has 0 bridgehead atoms. The summed E-state index contributed by atoms with van der Waals surface area (Å²) in [4.78, 5) is 56.5. The summed E-state index contributed by atoms with van der Waals surface area (Å²) in [6.45, 7) is 13.3. The number of carboxylic acid groups (broad SMARTS) is 1. The molecule has 5 aliphatic carbocycles. The fourth-order valence-corrected chi connectivity index (χ4v) is 20.7. The van der Waals surface area contributed by atoms with Gasteiger partial charge in [-0.15, -0.1) is 0 Å². The number of carboxylic acids is 1. The Balaban J connectivity index is 0.802. The summed E-state index contributed by atoms with van der Waals surface area (Å²) in [6.07, 6.45) is -51.6. The van der Waals surface area contributed by atoms with Gasteiger partial charge in [-0.3, -0.25) is 4.79 Å². The van der Waals surface area contributed by atoms with Gasteiger partial charge in [0.25, 0.3) is 0 Å². The molecule has 7 saturated heterocycles. The Bertz CT molecular complexity index is 3290. The minimum Gasteiger partial charge on any atom is -0.479 e. The summed E-state index contributed by atoms with van der Waals surface area (Å²) in [6, 6.07) is -1.57. The number of fused-ring (bicyclic) bond motifs is 7. The van der Waals surface area contributed by atoms with E-state index in [1.54, 1.807) is 13.8 Å². The van der Waals surface area contributed by atoms with Gasteiger partial charge in [-0.05, 0) is 117 Å². The zero-order valence-electron chi connectivity index (χ0n) is 63.5. The first-order chi connectivity index (χ1) is 52.2. The van der Waals surface area contributed by atoms with Crippen molar-refractivity contribution >= 4 is 24.3 Å². The van der Waals surface area contributed by atoms with Crippen molar-refractivity contribution < 1.29 is 182 Å². The highest BCUT2D eigenvalue weighted by Crippen LogP contribution is 2.76. The molecule has 0 aromatic heterocycles. The smallest absolute Gasteiger partial charge is 0.407 e. The normalized spacial score (nSPS) is 52.5. The van der Waals surface area contributed by atoms with Crippen molar-refractivity contribution in [1.82, 2.24) is 5.32 Å².